The van der Waals surface area contributed by atoms with Crippen molar-refractivity contribution in [2.45, 2.75) is 25.2 Å². The molecule has 21 heavy (non-hydrogen) atoms. The fourth-order valence-electron chi connectivity index (χ4n) is 2.41. The summed E-state index contributed by atoms with van der Waals surface area (Å²) in [7, 11) is 1.67. The van der Waals surface area contributed by atoms with Crippen molar-refractivity contribution in [3.05, 3.63) is 35.9 Å². The molecule has 1 aromatic carbocycles. The van der Waals surface area contributed by atoms with E-state index in [1.165, 1.54) is 5.56 Å². The van der Waals surface area contributed by atoms with Crippen LogP contribution in [-0.2, 0) is 19.6 Å². The van der Waals surface area contributed by atoms with Crippen LogP contribution in [0.1, 0.15) is 25.3 Å². The third-order valence-corrected chi connectivity index (χ3v) is 3.98. The predicted molar refractivity (Wildman–Crippen MR) is 85.6 cm³/mol. The zero-order valence-electron chi connectivity index (χ0n) is 13.3. The summed E-state index contributed by atoms with van der Waals surface area (Å²) in [5.74, 6) is 0. The minimum atomic E-state index is 0.0121. The van der Waals surface area contributed by atoms with E-state index in [2.05, 4.69) is 31.2 Å². The summed E-state index contributed by atoms with van der Waals surface area (Å²) < 4.78 is 16.0. The highest BCUT2D eigenvalue weighted by molar-refractivity contribution is 5.25. The van der Waals surface area contributed by atoms with Gasteiger partial charge < -0.3 is 19.9 Å². The van der Waals surface area contributed by atoms with Gasteiger partial charge in [-0.25, -0.2) is 0 Å². The highest BCUT2D eigenvalue weighted by Crippen LogP contribution is 2.30. The van der Waals surface area contributed by atoms with E-state index in [-0.39, 0.29) is 5.41 Å². The van der Waals surface area contributed by atoms with Crippen molar-refractivity contribution in [3.63, 3.8) is 0 Å². The second-order valence-corrected chi connectivity index (χ2v) is 5.17. The van der Waals surface area contributed by atoms with Gasteiger partial charge in [-0.05, 0) is 18.4 Å². The van der Waals surface area contributed by atoms with Gasteiger partial charge in [-0.15, -0.1) is 0 Å². The van der Waals surface area contributed by atoms with Crippen LogP contribution in [0, 0.1) is 0 Å². The third-order valence-electron chi connectivity index (χ3n) is 3.98. The lowest BCUT2D eigenvalue weighted by molar-refractivity contribution is 0.0205. The first-order valence-electron chi connectivity index (χ1n) is 7.69. The van der Waals surface area contributed by atoms with Gasteiger partial charge in [-0.3, -0.25) is 0 Å². The van der Waals surface area contributed by atoms with Crippen LogP contribution < -0.4 is 5.73 Å². The van der Waals surface area contributed by atoms with E-state index in [1.54, 1.807) is 7.11 Å². The number of methoxy groups -OCH3 is 1. The normalized spacial score (nSPS) is 14.0. The van der Waals surface area contributed by atoms with Gasteiger partial charge >= 0.3 is 0 Å². The highest BCUT2D eigenvalue weighted by atomic mass is 16.5. The van der Waals surface area contributed by atoms with E-state index in [1.807, 2.05) is 6.07 Å². The second kappa shape index (κ2) is 10.7. The zero-order chi connectivity index (χ0) is 15.4. The van der Waals surface area contributed by atoms with Crippen molar-refractivity contribution < 1.29 is 14.2 Å². The molecular formula is C17H29NO3. The van der Waals surface area contributed by atoms with E-state index in [0.29, 0.717) is 39.6 Å². The molecule has 1 aromatic rings. The van der Waals surface area contributed by atoms with Gasteiger partial charge in [0.15, 0.2) is 0 Å². The van der Waals surface area contributed by atoms with Crippen LogP contribution in [-0.4, -0.2) is 46.7 Å². The Kier molecular flexibility index (Phi) is 9.26. The fraction of sp³-hybridized carbons (Fsp3) is 0.647. The van der Waals surface area contributed by atoms with E-state index in [4.69, 9.17) is 19.9 Å². The van der Waals surface area contributed by atoms with Crippen molar-refractivity contribution in [1.29, 1.82) is 0 Å². The largest absolute Gasteiger partial charge is 0.382 e. The average molecular weight is 295 g/mol. The van der Waals surface area contributed by atoms with Crippen LogP contribution in [0.2, 0.25) is 0 Å². The number of hydrogen-bond donors (Lipinski definition) is 1. The number of benzene rings is 1. The fourth-order valence-corrected chi connectivity index (χ4v) is 2.41. The molecule has 1 rings (SSSR count). The quantitative estimate of drug-likeness (QED) is 0.602. The molecule has 0 aliphatic rings. The summed E-state index contributed by atoms with van der Waals surface area (Å²) in [6, 6.07) is 10.5. The molecule has 0 aliphatic carbocycles. The average Bonchev–Trinajstić information content (AvgIpc) is 2.55. The summed E-state index contributed by atoms with van der Waals surface area (Å²) in [5.41, 5.74) is 7.36. The van der Waals surface area contributed by atoms with Crippen LogP contribution in [0.4, 0.5) is 0 Å². The molecule has 4 nitrogen and oxygen atoms in total. The Hall–Kier alpha value is -0.940. The SMILES string of the molecule is CCC(CN)(CCOCCOCCOC)c1ccccc1. The zero-order valence-corrected chi connectivity index (χ0v) is 13.3. The van der Waals surface area contributed by atoms with Crippen LogP contribution in [0.15, 0.2) is 30.3 Å². The molecule has 0 spiro atoms. The first-order valence-corrected chi connectivity index (χ1v) is 7.69. The van der Waals surface area contributed by atoms with E-state index in [9.17, 15) is 0 Å². The molecule has 1 atom stereocenters. The van der Waals surface area contributed by atoms with Gasteiger partial charge in [0, 0.05) is 25.7 Å². The lowest BCUT2D eigenvalue weighted by Crippen LogP contribution is -2.36. The van der Waals surface area contributed by atoms with Crippen molar-refractivity contribution in [2.24, 2.45) is 5.73 Å². The van der Waals surface area contributed by atoms with Gasteiger partial charge in [0.1, 0.15) is 0 Å². The minimum absolute atomic E-state index is 0.0121. The Morgan fingerprint density at radius 3 is 2.14 bits per heavy atom. The molecule has 0 fully saturated rings. The van der Waals surface area contributed by atoms with E-state index >= 15 is 0 Å². The third kappa shape index (κ3) is 6.14. The molecule has 0 aromatic heterocycles. The Labute approximate surface area is 128 Å². The Morgan fingerprint density at radius 2 is 1.57 bits per heavy atom. The van der Waals surface area contributed by atoms with Crippen LogP contribution in [0.3, 0.4) is 0 Å². The summed E-state index contributed by atoms with van der Waals surface area (Å²) in [6.45, 7) is 5.99. The Morgan fingerprint density at radius 1 is 0.952 bits per heavy atom. The number of ether oxygens (including phenoxy) is 3. The highest BCUT2D eigenvalue weighted by Gasteiger charge is 2.28. The van der Waals surface area contributed by atoms with E-state index < -0.39 is 0 Å². The van der Waals surface area contributed by atoms with Gasteiger partial charge in [0.25, 0.3) is 0 Å². The summed E-state index contributed by atoms with van der Waals surface area (Å²) in [4.78, 5) is 0. The molecule has 2 N–H and O–H groups in total. The van der Waals surface area contributed by atoms with Crippen molar-refractivity contribution in [2.75, 3.05) is 46.7 Å². The van der Waals surface area contributed by atoms with Crippen LogP contribution >= 0.6 is 0 Å². The molecule has 0 amide bonds. The second-order valence-electron chi connectivity index (χ2n) is 5.17. The van der Waals surface area contributed by atoms with Crippen molar-refractivity contribution in [3.8, 4) is 0 Å². The lowest BCUT2D eigenvalue weighted by Gasteiger charge is -2.32. The number of hydrogen-bond acceptors (Lipinski definition) is 4. The Bertz CT molecular complexity index is 352. The number of nitrogens with two attached hydrogens (primary N) is 1. The number of rotatable bonds is 12. The summed E-state index contributed by atoms with van der Waals surface area (Å²) in [5, 5.41) is 0. The lowest BCUT2D eigenvalue weighted by atomic mass is 9.75. The topological polar surface area (TPSA) is 53.7 Å². The minimum Gasteiger partial charge on any atom is -0.382 e. The van der Waals surface area contributed by atoms with Gasteiger partial charge in [-0.1, -0.05) is 37.3 Å². The molecule has 0 saturated heterocycles. The molecule has 4 heteroatoms. The molecule has 0 radical (unpaired) electrons. The van der Waals surface area contributed by atoms with E-state index in [0.717, 1.165) is 12.8 Å². The maximum atomic E-state index is 6.05. The van der Waals surface area contributed by atoms with Crippen LogP contribution in [0.5, 0.6) is 0 Å². The first-order chi connectivity index (χ1) is 10.3. The van der Waals surface area contributed by atoms with Crippen molar-refractivity contribution in [1.82, 2.24) is 0 Å². The Balaban J connectivity index is 2.32. The summed E-state index contributed by atoms with van der Waals surface area (Å²) in [6.07, 6.45) is 1.95. The molecule has 0 saturated carbocycles. The van der Waals surface area contributed by atoms with Gasteiger partial charge in [-0.2, -0.15) is 0 Å². The van der Waals surface area contributed by atoms with Gasteiger partial charge in [0.05, 0.1) is 26.4 Å². The first kappa shape index (κ1) is 18.1. The van der Waals surface area contributed by atoms with Crippen LogP contribution in [0.25, 0.3) is 0 Å². The van der Waals surface area contributed by atoms with Gasteiger partial charge in [0.2, 0.25) is 0 Å². The smallest absolute Gasteiger partial charge is 0.0701 e. The molecule has 1 unspecified atom stereocenters. The molecule has 0 bridgehead atoms. The maximum Gasteiger partial charge on any atom is 0.0701 e. The monoisotopic (exact) mass is 295 g/mol. The predicted octanol–water partition coefficient (Wildman–Crippen LogP) is 2.36. The summed E-state index contributed by atoms with van der Waals surface area (Å²) >= 11 is 0. The molecular weight excluding hydrogens is 266 g/mol. The maximum absolute atomic E-state index is 6.05. The molecule has 0 aliphatic heterocycles. The molecule has 120 valence electrons. The standard InChI is InChI=1S/C17H29NO3/c1-3-17(15-18,16-7-5-4-6-8-16)9-10-20-13-14-21-12-11-19-2/h4-8H,3,9-15,18H2,1-2H3. The molecule has 0 heterocycles. The van der Waals surface area contributed by atoms with Crippen molar-refractivity contribution >= 4 is 0 Å².